The third-order valence-electron chi connectivity index (χ3n) is 6.19. The van der Waals surface area contributed by atoms with Gasteiger partial charge in [-0.1, -0.05) is 6.92 Å². The van der Waals surface area contributed by atoms with Crippen molar-refractivity contribution in [2.75, 3.05) is 24.7 Å². The summed E-state index contributed by atoms with van der Waals surface area (Å²) in [5.41, 5.74) is 0.914. The lowest BCUT2D eigenvalue weighted by atomic mass is 9.90. The minimum atomic E-state index is -0.450. The summed E-state index contributed by atoms with van der Waals surface area (Å²) in [5, 5.41) is 8.83. The molecule has 32 heavy (non-hydrogen) atoms. The molecular formula is C21H20FN9O. The standard InChI is InChI=1S/C21H20FN9O/c1-3-21-12-32-9-8-30(21)18-16(31-13(2)27-28-19(21)31)11-25-20(26-18)29-7-6-23-17(29)15-5-4-14(22)10-24-15/h4-7,10-11H,3,8-9,12H2,1-2H3/t21-/m0/s1. The summed E-state index contributed by atoms with van der Waals surface area (Å²) in [6, 6.07) is 2.94. The van der Waals surface area contributed by atoms with Crippen LogP contribution < -0.4 is 4.90 Å². The first kappa shape index (κ1) is 19.0. The van der Waals surface area contributed by atoms with Crippen molar-refractivity contribution < 1.29 is 9.13 Å². The normalized spacial score (nSPS) is 19.4. The Labute approximate surface area is 182 Å². The molecule has 0 aliphatic carbocycles. The largest absolute Gasteiger partial charge is 0.377 e. The van der Waals surface area contributed by atoms with Crippen molar-refractivity contribution in [3.63, 3.8) is 0 Å². The van der Waals surface area contributed by atoms with Crippen LogP contribution in [0.1, 0.15) is 25.0 Å². The van der Waals surface area contributed by atoms with E-state index in [4.69, 9.17) is 9.72 Å². The molecule has 2 aliphatic heterocycles. The molecule has 162 valence electrons. The number of aryl methyl sites for hydroxylation is 1. The fourth-order valence-corrected chi connectivity index (χ4v) is 4.58. The van der Waals surface area contributed by atoms with Gasteiger partial charge < -0.3 is 9.64 Å². The maximum Gasteiger partial charge on any atom is 0.237 e. The van der Waals surface area contributed by atoms with Crippen LogP contribution in [0.4, 0.5) is 10.2 Å². The fraction of sp³-hybridized carbons (Fsp3) is 0.333. The Morgan fingerprint density at radius 3 is 2.88 bits per heavy atom. The van der Waals surface area contributed by atoms with Gasteiger partial charge in [0.1, 0.15) is 28.6 Å². The summed E-state index contributed by atoms with van der Waals surface area (Å²) >= 11 is 0. The van der Waals surface area contributed by atoms with E-state index in [0.717, 1.165) is 29.6 Å². The molecule has 1 fully saturated rings. The highest BCUT2D eigenvalue weighted by Gasteiger charge is 2.49. The van der Waals surface area contributed by atoms with Gasteiger partial charge in [0, 0.05) is 18.9 Å². The van der Waals surface area contributed by atoms with E-state index in [2.05, 4.69) is 37.0 Å². The van der Waals surface area contributed by atoms with Crippen molar-refractivity contribution >= 4 is 5.82 Å². The highest BCUT2D eigenvalue weighted by atomic mass is 19.1. The van der Waals surface area contributed by atoms with Crippen molar-refractivity contribution in [3.8, 4) is 23.2 Å². The van der Waals surface area contributed by atoms with E-state index in [1.54, 1.807) is 29.2 Å². The van der Waals surface area contributed by atoms with Crippen LogP contribution in [-0.2, 0) is 10.3 Å². The number of halogens is 1. The Bertz CT molecular complexity index is 1320. The number of aromatic nitrogens is 8. The minimum Gasteiger partial charge on any atom is -0.377 e. The van der Waals surface area contributed by atoms with Gasteiger partial charge in [0.25, 0.3) is 0 Å². The van der Waals surface area contributed by atoms with Crippen LogP contribution in [0.25, 0.3) is 23.2 Å². The van der Waals surface area contributed by atoms with Crippen molar-refractivity contribution in [1.82, 2.24) is 39.3 Å². The zero-order valence-electron chi connectivity index (χ0n) is 17.6. The predicted molar refractivity (Wildman–Crippen MR) is 112 cm³/mol. The van der Waals surface area contributed by atoms with Gasteiger partial charge in [-0.25, -0.2) is 19.3 Å². The van der Waals surface area contributed by atoms with Crippen LogP contribution in [0.15, 0.2) is 36.9 Å². The number of pyridine rings is 1. The number of hydrogen-bond donors (Lipinski definition) is 0. The second-order valence-electron chi connectivity index (χ2n) is 7.86. The maximum absolute atomic E-state index is 13.4. The van der Waals surface area contributed by atoms with Crippen molar-refractivity contribution in [1.29, 1.82) is 0 Å². The fourth-order valence-electron chi connectivity index (χ4n) is 4.58. The molecule has 0 saturated carbocycles. The number of nitrogens with zero attached hydrogens (tertiary/aromatic N) is 9. The van der Waals surface area contributed by atoms with Gasteiger partial charge >= 0.3 is 0 Å². The number of fused-ring (bicyclic) bond motifs is 6. The smallest absolute Gasteiger partial charge is 0.237 e. The van der Waals surface area contributed by atoms with Gasteiger partial charge in [0.05, 0.1) is 25.6 Å². The Kier molecular flexibility index (Phi) is 4.09. The zero-order valence-corrected chi connectivity index (χ0v) is 17.6. The van der Waals surface area contributed by atoms with Gasteiger partial charge in [0.2, 0.25) is 5.95 Å². The van der Waals surface area contributed by atoms with Crippen molar-refractivity contribution in [2.45, 2.75) is 25.8 Å². The van der Waals surface area contributed by atoms with Gasteiger partial charge in [-0.2, -0.15) is 4.98 Å². The second kappa shape index (κ2) is 6.89. The number of rotatable bonds is 3. The lowest BCUT2D eigenvalue weighted by Crippen LogP contribution is -2.58. The highest BCUT2D eigenvalue weighted by molar-refractivity contribution is 5.65. The molecule has 0 radical (unpaired) electrons. The SMILES string of the molecule is CC[C@@]12COCCN1c1nc(-n3ccnc3-c3ccc(F)cn3)ncc1-n1c(C)nnc12. The molecule has 0 spiro atoms. The number of morpholine rings is 1. The lowest BCUT2D eigenvalue weighted by Gasteiger charge is -2.49. The van der Waals surface area contributed by atoms with Gasteiger partial charge in [-0.05, 0) is 25.5 Å². The summed E-state index contributed by atoms with van der Waals surface area (Å²) in [4.78, 5) is 20.4. The molecule has 0 bridgehead atoms. The first-order chi connectivity index (χ1) is 15.6. The van der Waals surface area contributed by atoms with E-state index in [1.807, 2.05) is 11.5 Å². The van der Waals surface area contributed by atoms with Crippen molar-refractivity contribution in [2.24, 2.45) is 0 Å². The van der Waals surface area contributed by atoms with E-state index in [1.165, 1.54) is 12.3 Å². The monoisotopic (exact) mass is 433 g/mol. The summed E-state index contributed by atoms with van der Waals surface area (Å²) in [5.74, 6) is 3.00. The van der Waals surface area contributed by atoms with Gasteiger partial charge in [0.15, 0.2) is 17.5 Å². The molecule has 10 nitrogen and oxygen atoms in total. The first-order valence-corrected chi connectivity index (χ1v) is 10.4. The topological polar surface area (TPSA) is 99.7 Å². The Hall–Kier alpha value is -3.73. The zero-order chi connectivity index (χ0) is 21.9. The van der Waals surface area contributed by atoms with E-state index < -0.39 is 11.4 Å². The van der Waals surface area contributed by atoms with E-state index in [-0.39, 0.29) is 0 Å². The number of hydrogen-bond acceptors (Lipinski definition) is 8. The first-order valence-electron chi connectivity index (χ1n) is 10.4. The van der Waals surface area contributed by atoms with Crippen LogP contribution in [0.3, 0.4) is 0 Å². The molecule has 1 atom stereocenters. The summed E-state index contributed by atoms with van der Waals surface area (Å²) in [6.07, 6.45) is 7.17. The molecule has 1 saturated heterocycles. The molecule has 4 aromatic heterocycles. The number of anilines is 1. The Balaban J connectivity index is 1.53. The van der Waals surface area contributed by atoms with Crippen LogP contribution >= 0.6 is 0 Å². The molecule has 2 aliphatic rings. The summed E-state index contributed by atoms with van der Waals surface area (Å²) in [7, 11) is 0. The van der Waals surface area contributed by atoms with Gasteiger partial charge in [-0.3, -0.25) is 9.13 Å². The highest BCUT2D eigenvalue weighted by Crippen LogP contribution is 2.44. The molecule has 11 heteroatoms. The lowest BCUT2D eigenvalue weighted by molar-refractivity contribution is 0.0390. The predicted octanol–water partition coefficient (Wildman–Crippen LogP) is 2.21. The van der Waals surface area contributed by atoms with Crippen LogP contribution in [-0.4, -0.2) is 59.0 Å². The van der Waals surface area contributed by atoms with E-state index >= 15 is 0 Å². The molecule has 0 N–H and O–H groups in total. The van der Waals surface area contributed by atoms with Crippen LogP contribution in [0.5, 0.6) is 0 Å². The molecule has 6 heterocycles. The summed E-state index contributed by atoms with van der Waals surface area (Å²) < 4.78 is 23.0. The second-order valence-corrected chi connectivity index (χ2v) is 7.86. The molecule has 0 aromatic carbocycles. The van der Waals surface area contributed by atoms with E-state index in [0.29, 0.717) is 37.2 Å². The average molecular weight is 433 g/mol. The molecule has 4 aromatic rings. The third kappa shape index (κ3) is 2.54. The summed E-state index contributed by atoms with van der Waals surface area (Å²) in [6.45, 7) is 5.83. The number of imidazole rings is 1. The molecular weight excluding hydrogens is 413 g/mol. The van der Waals surface area contributed by atoms with Crippen LogP contribution in [0, 0.1) is 12.7 Å². The minimum absolute atomic E-state index is 0.403. The quantitative estimate of drug-likeness (QED) is 0.485. The van der Waals surface area contributed by atoms with E-state index in [9.17, 15) is 4.39 Å². The molecule has 0 amide bonds. The number of ether oxygens (including phenoxy) is 1. The van der Waals surface area contributed by atoms with Gasteiger partial charge in [-0.15, -0.1) is 10.2 Å². The third-order valence-corrected chi connectivity index (χ3v) is 6.19. The average Bonchev–Trinajstić information content (AvgIpc) is 3.47. The maximum atomic E-state index is 13.4. The van der Waals surface area contributed by atoms with Crippen LogP contribution in [0.2, 0.25) is 0 Å². The Morgan fingerprint density at radius 1 is 1.16 bits per heavy atom. The Morgan fingerprint density at radius 2 is 2.06 bits per heavy atom. The van der Waals surface area contributed by atoms with Crippen molar-refractivity contribution in [3.05, 3.63) is 54.4 Å². The molecule has 0 unspecified atom stereocenters. The molecule has 6 rings (SSSR count).